The van der Waals surface area contributed by atoms with E-state index in [4.69, 9.17) is 32.4 Å². The number of nitrogens with zero attached hydrogens (tertiary/aromatic N) is 1. The molecule has 2 aromatic carbocycles. The fraction of sp³-hybridized carbons (Fsp3) is 0.300. The molecule has 13 heteroatoms. The molecule has 2 atom stereocenters. The van der Waals surface area contributed by atoms with Crippen molar-refractivity contribution in [3.05, 3.63) is 67.7 Å². The first-order chi connectivity index (χ1) is 15.6. The van der Waals surface area contributed by atoms with Crippen LogP contribution in [0.1, 0.15) is 35.9 Å². The number of benzene rings is 2. The Balaban J connectivity index is 1.81. The summed E-state index contributed by atoms with van der Waals surface area (Å²) in [4.78, 5) is 11.4. The first-order valence-corrected chi connectivity index (χ1v) is 12.1. The Morgan fingerprint density at radius 3 is 2.64 bits per heavy atom. The maximum absolute atomic E-state index is 14.8. The molecule has 33 heavy (non-hydrogen) atoms. The predicted octanol–water partition coefficient (Wildman–Crippen LogP) is 3.74. The van der Waals surface area contributed by atoms with E-state index in [1.165, 1.54) is 24.3 Å². The van der Waals surface area contributed by atoms with Gasteiger partial charge in [0, 0.05) is 17.5 Å². The van der Waals surface area contributed by atoms with E-state index >= 15 is 0 Å². The SMILES string of the molecule is Cc1c(Cl)ccc(F)c1C(C)C(NS(=O)(=O)c1ccc(Cl)c2c1OCCN2)c1n[nH]c(=O)o1. The van der Waals surface area contributed by atoms with Gasteiger partial charge in [0.1, 0.15) is 23.4 Å². The molecule has 3 N–H and O–H groups in total. The molecule has 4 rings (SSSR count). The molecule has 0 spiro atoms. The third kappa shape index (κ3) is 4.45. The number of anilines is 1. The second-order valence-corrected chi connectivity index (χ2v) is 9.93. The van der Waals surface area contributed by atoms with E-state index < -0.39 is 33.6 Å². The molecule has 1 aliphatic heterocycles. The molecule has 9 nitrogen and oxygen atoms in total. The lowest BCUT2D eigenvalue weighted by Crippen LogP contribution is -2.33. The lowest BCUT2D eigenvalue weighted by molar-refractivity contribution is 0.314. The van der Waals surface area contributed by atoms with Crippen molar-refractivity contribution in [3.8, 4) is 5.75 Å². The first kappa shape index (κ1) is 23.6. The van der Waals surface area contributed by atoms with Crippen LogP contribution in [-0.4, -0.2) is 31.8 Å². The van der Waals surface area contributed by atoms with Gasteiger partial charge < -0.3 is 14.5 Å². The molecular weight excluding hydrogens is 498 g/mol. The van der Waals surface area contributed by atoms with Crippen molar-refractivity contribution in [1.29, 1.82) is 0 Å². The molecule has 0 radical (unpaired) electrons. The Morgan fingerprint density at radius 1 is 1.21 bits per heavy atom. The van der Waals surface area contributed by atoms with Crippen molar-refractivity contribution in [2.24, 2.45) is 0 Å². The second-order valence-electron chi connectivity index (χ2n) is 7.43. The number of hydrogen-bond acceptors (Lipinski definition) is 7. The van der Waals surface area contributed by atoms with Gasteiger partial charge in [0.05, 0.1) is 10.7 Å². The number of rotatable bonds is 6. The third-order valence-corrected chi connectivity index (χ3v) is 7.55. The van der Waals surface area contributed by atoms with Crippen LogP contribution in [-0.2, 0) is 10.0 Å². The molecule has 2 heterocycles. The summed E-state index contributed by atoms with van der Waals surface area (Å²) < 4.78 is 54.8. The van der Waals surface area contributed by atoms with Gasteiger partial charge in [-0.2, -0.15) is 4.72 Å². The Bertz CT molecular complexity index is 1380. The van der Waals surface area contributed by atoms with E-state index in [1.807, 2.05) is 0 Å². The highest BCUT2D eigenvalue weighted by Crippen LogP contribution is 2.41. The summed E-state index contributed by atoms with van der Waals surface area (Å²) in [5, 5.41) is 9.48. The molecule has 0 saturated heterocycles. The summed E-state index contributed by atoms with van der Waals surface area (Å²) in [7, 11) is -4.29. The van der Waals surface area contributed by atoms with Crippen LogP contribution in [0.2, 0.25) is 10.0 Å². The maximum Gasteiger partial charge on any atom is 0.434 e. The minimum absolute atomic E-state index is 0.0567. The molecule has 1 aromatic heterocycles. The number of fused-ring (bicyclic) bond motifs is 1. The maximum atomic E-state index is 14.8. The van der Waals surface area contributed by atoms with Crippen molar-refractivity contribution < 1.29 is 22.0 Å². The largest absolute Gasteiger partial charge is 0.488 e. The standard InChI is InChI=1S/C20H19Cl2FN4O5S/c1-9-11(21)3-5-13(23)15(9)10(2)16(19-25-26-20(28)32-19)27-33(29,30)14-6-4-12(22)17-18(14)31-8-7-24-17/h3-6,10,16,24,27H,7-8H2,1-2H3,(H,26,28). The summed E-state index contributed by atoms with van der Waals surface area (Å²) in [5.41, 5.74) is 0.915. The molecule has 0 amide bonds. The summed E-state index contributed by atoms with van der Waals surface area (Å²) >= 11 is 12.3. The van der Waals surface area contributed by atoms with Gasteiger partial charge in [0.25, 0.3) is 0 Å². The summed E-state index contributed by atoms with van der Waals surface area (Å²) in [6.07, 6.45) is 0. The van der Waals surface area contributed by atoms with Gasteiger partial charge in [0.2, 0.25) is 15.9 Å². The van der Waals surface area contributed by atoms with Crippen LogP contribution < -0.4 is 20.5 Å². The number of aromatic amines is 1. The Labute approximate surface area is 198 Å². The topological polar surface area (TPSA) is 126 Å². The number of hydrogen-bond donors (Lipinski definition) is 3. The van der Waals surface area contributed by atoms with Crippen molar-refractivity contribution >= 4 is 38.9 Å². The van der Waals surface area contributed by atoms with Crippen LogP contribution in [0.5, 0.6) is 5.75 Å². The fourth-order valence-electron chi connectivity index (χ4n) is 3.75. The zero-order chi connectivity index (χ0) is 23.9. The monoisotopic (exact) mass is 516 g/mol. The van der Waals surface area contributed by atoms with Crippen molar-refractivity contribution in [3.63, 3.8) is 0 Å². The van der Waals surface area contributed by atoms with Gasteiger partial charge in [0.15, 0.2) is 5.75 Å². The van der Waals surface area contributed by atoms with Gasteiger partial charge in [-0.3, -0.25) is 0 Å². The number of ether oxygens (including phenoxy) is 1. The van der Waals surface area contributed by atoms with Gasteiger partial charge in [-0.15, -0.1) is 5.10 Å². The predicted molar refractivity (Wildman–Crippen MR) is 120 cm³/mol. The highest BCUT2D eigenvalue weighted by atomic mass is 35.5. The van der Waals surface area contributed by atoms with Crippen molar-refractivity contribution in [2.75, 3.05) is 18.5 Å². The van der Waals surface area contributed by atoms with Gasteiger partial charge in [-0.1, -0.05) is 30.1 Å². The molecule has 3 aromatic rings. The van der Waals surface area contributed by atoms with Crippen LogP contribution in [0.25, 0.3) is 0 Å². The highest BCUT2D eigenvalue weighted by Gasteiger charge is 2.35. The fourth-order valence-corrected chi connectivity index (χ4v) is 5.55. The van der Waals surface area contributed by atoms with E-state index in [0.29, 0.717) is 27.8 Å². The van der Waals surface area contributed by atoms with E-state index in [9.17, 15) is 17.6 Å². The number of halogens is 3. The normalized spacial score (nSPS) is 15.3. The minimum atomic E-state index is -4.29. The van der Waals surface area contributed by atoms with Gasteiger partial charge in [-0.05, 0) is 42.3 Å². The Kier molecular flexibility index (Phi) is 6.41. The summed E-state index contributed by atoms with van der Waals surface area (Å²) in [5.74, 6) is -2.56. The minimum Gasteiger partial charge on any atom is -0.488 e. The second kappa shape index (κ2) is 8.98. The first-order valence-electron chi connectivity index (χ1n) is 9.81. The molecular formula is C20H19Cl2FN4O5S. The molecule has 1 aliphatic rings. The third-order valence-electron chi connectivity index (χ3n) is 5.36. The number of aromatic nitrogens is 2. The molecule has 176 valence electrons. The molecule has 0 saturated carbocycles. The number of sulfonamides is 1. The van der Waals surface area contributed by atoms with E-state index in [1.54, 1.807) is 13.8 Å². The Hall–Kier alpha value is -2.60. The molecule has 0 bridgehead atoms. The quantitative estimate of drug-likeness (QED) is 0.455. The van der Waals surface area contributed by atoms with Crippen LogP contribution in [0.3, 0.4) is 0 Å². The molecule has 0 aliphatic carbocycles. The lowest BCUT2D eigenvalue weighted by atomic mass is 9.90. The molecule has 2 unspecified atom stereocenters. The summed E-state index contributed by atoms with van der Waals surface area (Å²) in [6, 6.07) is 4.04. The lowest BCUT2D eigenvalue weighted by Gasteiger charge is -2.26. The van der Waals surface area contributed by atoms with Crippen LogP contribution in [0.4, 0.5) is 10.1 Å². The van der Waals surface area contributed by atoms with Crippen LogP contribution in [0.15, 0.2) is 38.4 Å². The number of nitrogens with one attached hydrogen (secondary N) is 3. The Morgan fingerprint density at radius 2 is 1.94 bits per heavy atom. The highest BCUT2D eigenvalue weighted by molar-refractivity contribution is 7.89. The van der Waals surface area contributed by atoms with Crippen molar-refractivity contribution in [1.82, 2.24) is 14.9 Å². The number of H-pyrrole nitrogens is 1. The van der Waals surface area contributed by atoms with Gasteiger partial charge >= 0.3 is 5.76 Å². The average Bonchev–Trinajstić information content (AvgIpc) is 3.21. The summed E-state index contributed by atoms with van der Waals surface area (Å²) in [6.45, 7) is 3.86. The van der Waals surface area contributed by atoms with Crippen LogP contribution >= 0.6 is 23.2 Å². The van der Waals surface area contributed by atoms with E-state index in [0.717, 1.165) is 0 Å². The van der Waals surface area contributed by atoms with E-state index in [2.05, 4.69) is 20.2 Å². The van der Waals surface area contributed by atoms with Crippen molar-refractivity contribution in [2.45, 2.75) is 30.7 Å². The van der Waals surface area contributed by atoms with Gasteiger partial charge in [-0.25, -0.2) is 22.7 Å². The zero-order valence-corrected chi connectivity index (χ0v) is 19.7. The van der Waals surface area contributed by atoms with Crippen LogP contribution in [0, 0.1) is 12.7 Å². The smallest absolute Gasteiger partial charge is 0.434 e. The molecule has 0 fully saturated rings. The average molecular weight is 517 g/mol. The zero-order valence-electron chi connectivity index (χ0n) is 17.4. The van der Waals surface area contributed by atoms with E-state index in [-0.39, 0.29) is 28.7 Å².